The van der Waals surface area contributed by atoms with Crippen LogP contribution in [0.2, 0.25) is 5.02 Å². The average molecular weight is 242 g/mol. The number of anilines is 1. The fourth-order valence-electron chi connectivity index (χ4n) is 1.02. The van der Waals surface area contributed by atoms with Crippen LogP contribution in [0.1, 0.15) is 13.8 Å². The normalized spacial score (nSPS) is 9.53. The van der Waals surface area contributed by atoms with Gasteiger partial charge in [0, 0.05) is 10.7 Å². The number of thiocarbonyl (C=S) groups is 1. The second-order valence-corrected chi connectivity index (χ2v) is 4.03. The van der Waals surface area contributed by atoms with E-state index in [4.69, 9.17) is 29.6 Å². The second kappa shape index (κ2) is 5.09. The third-order valence-corrected chi connectivity index (χ3v) is 2.00. The van der Waals surface area contributed by atoms with Gasteiger partial charge in [0.25, 0.3) is 0 Å². The Hall–Kier alpha value is -1.13. The predicted molar refractivity (Wildman–Crippen MR) is 69.5 cm³/mol. The molecular formula is C10H12ClN3S. The maximum absolute atomic E-state index is 5.78. The van der Waals surface area contributed by atoms with E-state index in [1.54, 1.807) is 12.1 Å². The molecule has 0 saturated carbocycles. The summed E-state index contributed by atoms with van der Waals surface area (Å²) in [4.78, 5) is 0. The molecule has 0 bridgehead atoms. The van der Waals surface area contributed by atoms with E-state index in [1.165, 1.54) is 5.01 Å². The SMILES string of the molecule is CC(C)=NN(C(N)=S)c1ccc(Cl)cc1. The number of nitrogens with zero attached hydrogens (tertiary/aromatic N) is 2. The summed E-state index contributed by atoms with van der Waals surface area (Å²) in [5.41, 5.74) is 7.24. The van der Waals surface area contributed by atoms with Crippen molar-refractivity contribution in [2.24, 2.45) is 10.8 Å². The standard InChI is InChI=1S/C10H12ClN3S/c1-7(2)13-14(10(12)15)9-5-3-8(11)4-6-9/h3-6H,1-2H3,(H2,12,15). The van der Waals surface area contributed by atoms with Crippen LogP contribution in [0.15, 0.2) is 29.4 Å². The van der Waals surface area contributed by atoms with E-state index in [-0.39, 0.29) is 5.11 Å². The summed E-state index contributed by atoms with van der Waals surface area (Å²) in [5.74, 6) is 0. The lowest BCUT2D eigenvalue weighted by molar-refractivity contribution is 1.12. The van der Waals surface area contributed by atoms with Crippen LogP contribution in [0.5, 0.6) is 0 Å². The molecule has 5 heteroatoms. The Kier molecular flexibility index (Phi) is 4.05. The molecule has 1 rings (SSSR count). The second-order valence-electron chi connectivity index (χ2n) is 3.17. The molecule has 0 aliphatic rings. The van der Waals surface area contributed by atoms with Crippen molar-refractivity contribution in [2.45, 2.75) is 13.8 Å². The van der Waals surface area contributed by atoms with Gasteiger partial charge >= 0.3 is 0 Å². The molecule has 0 aromatic heterocycles. The molecule has 0 saturated heterocycles. The molecule has 0 spiro atoms. The Bertz CT molecular complexity index is 382. The summed E-state index contributed by atoms with van der Waals surface area (Å²) in [6.45, 7) is 3.75. The van der Waals surface area contributed by atoms with Crippen LogP contribution in [0, 0.1) is 0 Å². The minimum Gasteiger partial charge on any atom is -0.374 e. The van der Waals surface area contributed by atoms with Crippen molar-refractivity contribution in [1.82, 2.24) is 0 Å². The summed E-state index contributed by atoms with van der Waals surface area (Å²) in [5, 5.41) is 6.59. The Morgan fingerprint density at radius 2 is 1.87 bits per heavy atom. The highest BCUT2D eigenvalue weighted by atomic mass is 35.5. The zero-order valence-corrected chi connectivity index (χ0v) is 10.1. The van der Waals surface area contributed by atoms with Gasteiger partial charge in [-0.25, -0.2) is 5.01 Å². The van der Waals surface area contributed by atoms with Gasteiger partial charge in [0.2, 0.25) is 0 Å². The molecule has 0 aliphatic heterocycles. The fraction of sp³-hybridized carbons (Fsp3) is 0.200. The lowest BCUT2D eigenvalue weighted by atomic mass is 10.3. The van der Waals surface area contributed by atoms with Crippen molar-refractivity contribution >= 4 is 40.3 Å². The van der Waals surface area contributed by atoms with Crippen LogP contribution >= 0.6 is 23.8 Å². The number of halogens is 1. The molecule has 15 heavy (non-hydrogen) atoms. The molecular weight excluding hydrogens is 230 g/mol. The van der Waals surface area contributed by atoms with Gasteiger partial charge in [-0.2, -0.15) is 5.10 Å². The van der Waals surface area contributed by atoms with Crippen LogP contribution < -0.4 is 10.7 Å². The van der Waals surface area contributed by atoms with Gasteiger partial charge < -0.3 is 5.73 Å². The molecule has 0 radical (unpaired) electrons. The molecule has 0 unspecified atom stereocenters. The summed E-state index contributed by atoms with van der Waals surface area (Å²) in [6.07, 6.45) is 0. The van der Waals surface area contributed by atoms with E-state index in [0.717, 1.165) is 11.4 Å². The zero-order valence-electron chi connectivity index (χ0n) is 8.57. The van der Waals surface area contributed by atoms with E-state index >= 15 is 0 Å². The van der Waals surface area contributed by atoms with Crippen LogP contribution in [0.4, 0.5) is 5.69 Å². The monoisotopic (exact) mass is 241 g/mol. The van der Waals surface area contributed by atoms with Crippen LogP contribution in [0.25, 0.3) is 0 Å². The maximum Gasteiger partial charge on any atom is 0.191 e. The first-order chi connectivity index (χ1) is 7.00. The van der Waals surface area contributed by atoms with Gasteiger partial charge in [0.1, 0.15) is 0 Å². The Morgan fingerprint density at radius 1 is 1.33 bits per heavy atom. The number of benzene rings is 1. The highest BCUT2D eigenvalue weighted by molar-refractivity contribution is 7.80. The number of hydrogen-bond donors (Lipinski definition) is 1. The highest BCUT2D eigenvalue weighted by Crippen LogP contribution is 2.18. The smallest absolute Gasteiger partial charge is 0.191 e. The topological polar surface area (TPSA) is 41.6 Å². The molecule has 0 atom stereocenters. The van der Waals surface area contributed by atoms with E-state index in [0.29, 0.717) is 5.02 Å². The first-order valence-corrected chi connectivity index (χ1v) is 5.16. The van der Waals surface area contributed by atoms with Crippen molar-refractivity contribution in [3.05, 3.63) is 29.3 Å². The van der Waals surface area contributed by atoms with Gasteiger partial charge in [0.05, 0.1) is 5.69 Å². The van der Waals surface area contributed by atoms with Crippen molar-refractivity contribution in [2.75, 3.05) is 5.01 Å². The number of hydrogen-bond acceptors (Lipinski definition) is 2. The van der Waals surface area contributed by atoms with Crippen molar-refractivity contribution in [3.63, 3.8) is 0 Å². The van der Waals surface area contributed by atoms with Crippen molar-refractivity contribution < 1.29 is 0 Å². The minimum absolute atomic E-state index is 0.207. The molecule has 1 aromatic rings. The number of rotatable bonds is 2. The largest absolute Gasteiger partial charge is 0.374 e. The van der Waals surface area contributed by atoms with Gasteiger partial charge in [-0.3, -0.25) is 0 Å². The summed E-state index contributed by atoms with van der Waals surface area (Å²) in [7, 11) is 0. The fourth-order valence-corrected chi connectivity index (χ4v) is 1.29. The van der Waals surface area contributed by atoms with E-state index in [9.17, 15) is 0 Å². The molecule has 0 amide bonds. The van der Waals surface area contributed by atoms with Crippen LogP contribution in [-0.2, 0) is 0 Å². The predicted octanol–water partition coefficient (Wildman–Crippen LogP) is 2.79. The molecule has 80 valence electrons. The molecule has 2 N–H and O–H groups in total. The van der Waals surface area contributed by atoms with Gasteiger partial charge in [-0.15, -0.1) is 0 Å². The molecule has 0 fully saturated rings. The van der Waals surface area contributed by atoms with Crippen molar-refractivity contribution in [3.8, 4) is 0 Å². The average Bonchev–Trinajstić information content (AvgIpc) is 2.15. The Balaban J connectivity index is 3.05. The minimum atomic E-state index is 0.207. The first-order valence-electron chi connectivity index (χ1n) is 4.37. The number of nitrogens with two attached hydrogens (primary N) is 1. The summed E-state index contributed by atoms with van der Waals surface area (Å²) >= 11 is 10.7. The first kappa shape index (κ1) is 11.9. The lowest BCUT2D eigenvalue weighted by Gasteiger charge is -2.17. The van der Waals surface area contributed by atoms with Crippen molar-refractivity contribution in [1.29, 1.82) is 0 Å². The molecule has 0 heterocycles. The highest BCUT2D eigenvalue weighted by Gasteiger charge is 2.07. The zero-order chi connectivity index (χ0) is 11.4. The quantitative estimate of drug-likeness (QED) is 0.492. The molecule has 0 aliphatic carbocycles. The van der Waals surface area contributed by atoms with E-state index < -0.39 is 0 Å². The Morgan fingerprint density at radius 3 is 2.27 bits per heavy atom. The summed E-state index contributed by atoms with van der Waals surface area (Å²) < 4.78 is 0. The van der Waals surface area contributed by atoms with E-state index in [1.807, 2.05) is 26.0 Å². The van der Waals surface area contributed by atoms with Gasteiger partial charge in [-0.05, 0) is 50.3 Å². The molecule has 1 aromatic carbocycles. The van der Waals surface area contributed by atoms with Crippen LogP contribution in [0.3, 0.4) is 0 Å². The lowest BCUT2D eigenvalue weighted by Crippen LogP contribution is -2.31. The third-order valence-electron chi connectivity index (χ3n) is 1.58. The third kappa shape index (κ3) is 3.49. The summed E-state index contributed by atoms with van der Waals surface area (Å²) in [6, 6.07) is 7.16. The van der Waals surface area contributed by atoms with Crippen LogP contribution in [-0.4, -0.2) is 10.8 Å². The van der Waals surface area contributed by atoms with Gasteiger partial charge in [0.15, 0.2) is 5.11 Å². The van der Waals surface area contributed by atoms with E-state index in [2.05, 4.69) is 5.10 Å². The van der Waals surface area contributed by atoms with Gasteiger partial charge in [-0.1, -0.05) is 11.6 Å². The maximum atomic E-state index is 5.78. The Labute approximate surface area is 99.5 Å². The molecule has 3 nitrogen and oxygen atoms in total. The number of hydrazone groups is 1.